The topological polar surface area (TPSA) is 54.9 Å². The van der Waals surface area contributed by atoms with Crippen LogP contribution in [-0.4, -0.2) is 39.8 Å². The molecule has 1 aliphatic heterocycles. The zero-order valence-electron chi connectivity index (χ0n) is 17.5. The Morgan fingerprint density at radius 3 is 2.69 bits per heavy atom. The van der Waals surface area contributed by atoms with Crippen LogP contribution >= 0.6 is 24.0 Å². The van der Waals surface area contributed by atoms with Crippen LogP contribution in [-0.2, 0) is 11.2 Å². The van der Waals surface area contributed by atoms with Gasteiger partial charge in [0.15, 0.2) is 5.96 Å². The van der Waals surface area contributed by atoms with E-state index in [4.69, 9.17) is 9.47 Å². The van der Waals surface area contributed by atoms with E-state index in [0.29, 0.717) is 5.92 Å². The van der Waals surface area contributed by atoms with Crippen LogP contribution in [0.25, 0.3) is 0 Å². The van der Waals surface area contributed by atoms with Crippen molar-refractivity contribution < 1.29 is 9.47 Å². The second kappa shape index (κ2) is 12.0. The molecule has 2 aromatic carbocycles. The third-order valence-corrected chi connectivity index (χ3v) is 5.22. The van der Waals surface area contributed by atoms with Gasteiger partial charge in [0.05, 0.1) is 13.2 Å². The molecule has 1 heterocycles. The van der Waals surface area contributed by atoms with Crippen molar-refractivity contribution in [3.63, 3.8) is 0 Å². The summed E-state index contributed by atoms with van der Waals surface area (Å²) in [7, 11) is 3.53. The molecule has 0 bridgehead atoms. The highest BCUT2D eigenvalue weighted by molar-refractivity contribution is 14.0. The number of ether oxygens (including phenoxy) is 2. The maximum atomic E-state index is 5.98. The van der Waals surface area contributed by atoms with Crippen molar-refractivity contribution in [2.24, 2.45) is 10.9 Å². The predicted octanol–water partition coefficient (Wildman–Crippen LogP) is 4.11. The first-order chi connectivity index (χ1) is 13.7. The van der Waals surface area contributed by atoms with Crippen molar-refractivity contribution in [3.05, 3.63) is 65.2 Å². The van der Waals surface area contributed by atoms with Gasteiger partial charge in [0, 0.05) is 32.7 Å². The third kappa shape index (κ3) is 6.60. The molecular formula is C23H32IN3O2. The SMILES string of the molecule is CN=C(NCCc1cc(C)ccc1OC)NCC1CCOC1c1ccccc1.I. The van der Waals surface area contributed by atoms with Crippen molar-refractivity contribution >= 4 is 29.9 Å². The van der Waals surface area contributed by atoms with Crippen LogP contribution in [0.5, 0.6) is 5.75 Å². The van der Waals surface area contributed by atoms with E-state index in [0.717, 1.165) is 44.2 Å². The Hall–Kier alpha value is -1.80. The highest BCUT2D eigenvalue weighted by Gasteiger charge is 2.29. The number of aliphatic imine (C=N–C) groups is 1. The number of nitrogens with zero attached hydrogens (tertiary/aromatic N) is 1. The average molecular weight is 509 g/mol. The lowest BCUT2D eigenvalue weighted by atomic mass is 9.95. The molecule has 0 aromatic heterocycles. The zero-order chi connectivity index (χ0) is 19.8. The molecule has 0 spiro atoms. The van der Waals surface area contributed by atoms with Crippen LogP contribution in [0, 0.1) is 12.8 Å². The Balaban J connectivity index is 0.00000300. The van der Waals surface area contributed by atoms with E-state index in [1.165, 1.54) is 16.7 Å². The van der Waals surface area contributed by atoms with Gasteiger partial charge in [0.1, 0.15) is 5.75 Å². The van der Waals surface area contributed by atoms with Crippen LogP contribution in [0.3, 0.4) is 0 Å². The van der Waals surface area contributed by atoms with Crippen LogP contribution in [0.15, 0.2) is 53.5 Å². The van der Waals surface area contributed by atoms with Gasteiger partial charge in [-0.15, -0.1) is 24.0 Å². The van der Waals surface area contributed by atoms with Gasteiger partial charge in [-0.2, -0.15) is 0 Å². The molecule has 6 heteroatoms. The highest BCUT2D eigenvalue weighted by Crippen LogP contribution is 2.33. The Morgan fingerprint density at radius 2 is 1.97 bits per heavy atom. The molecule has 1 aliphatic rings. The second-order valence-electron chi connectivity index (χ2n) is 7.20. The molecular weight excluding hydrogens is 477 g/mol. The number of hydrogen-bond acceptors (Lipinski definition) is 3. The molecule has 0 amide bonds. The minimum atomic E-state index is 0. The van der Waals surface area contributed by atoms with Crippen LogP contribution in [0.2, 0.25) is 0 Å². The summed E-state index contributed by atoms with van der Waals surface area (Å²) < 4.78 is 11.4. The fraction of sp³-hybridized carbons (Fsp3) is 0.435. The molecule has 0 saturated carbocycles. The molecule has 2 unspecified atom stereocenters. The monoisotopic (exact) mass is 509 g/mol. The van der Waals surface area contributed by atoms with Crippen molar-refractivity contribution in [1.82, 2.24) is 10.6 Å². The quantitative estimate of drug-likeness (QED) is 0.335. The first-order valence-corrected chi connectivity index (χ1v) is 9.96. The highest BCUT2D eigenvalue weighted by atomic mass is 127. The number of guanidine groups is 1. The van der Waals surface area contributed by atoms with Gasteiger partial charge < -0.3 is 20.1 Å². The molecule has 158 valence electrons. The molecule has 1 fully saturated rings. The number of halogens is 1. The van der Waals surface area contributed by atoms with Crippen LogP contribution < -0.4 is 15.4 Å². The fourth-order valence-electron chi connectivity index (χ4n) is 3.72. The number of hydrogen-bond donors (Lipinski definition) is 2. The van der Waals surface area contributed by atoms with E-state index in [2.05, 4.69) is 58.9 Å². The lowest BCUT2D eigenvalue weighted by molar-refractivity contribution is 0.0915. The summed E-state index contributed by atoms with van der Waals surface area (Å²) in [6, 6.07) is 16.8. The van der Waals surface area contributed by atoms with Gasteiger partial charge in [0.2, 0.25) is 0 Å². The smallest absolute Gasteiger partial charge is 0.190 e. The van der Waals surface area contributed by atoms with Crippen LogP contribution in [0.4, 0.5) is 0 Å². The summed E-state index contributed by atoms with van der Waals surface area (Å²) in [5, 5.41) is 6.87. The molecule has 5 nitrogen and oxygen atoms in total. The molecule has 2 atom stereocenters. The number of rotatable bonds is 7. The standard InChI is InChI=1S/C23H31N3O2.HI/c1-17-9-10-21(27-3)19(15-17)11-13-25-23(24-2)26-16-20-12-14-28-22(20)18-7-5-4-6-8-18;/h4-10,15,20,22H,11-14,16H2,1-3H3,(H2,24,25,26);1H. The van der Waals surface area contributed by atoms with Gasteiger partial charge in [-0.25, -0.2) is 0 Å². The van der Waals surface area contributed by atoms with Gasteiger partial charge in [-0.05, 0) is 37.0 Å². The second-order valence-corrected chi connectivity index (χ2v) is 7.20. The lowest BCUT2D eigenvalue weighted by Crippen LogP contribution is -2.41. The lowest BCUT2D eigenvalue weighted by Gasteiger charge is -2.21. The van der Waals surface area contributed by atoms with E-state index < -0.39 is 0 Å². The summed E-state index contributed by atoms with van der Waals surface area (Å²) >= 11 is 0. The minimum absolute atomic E-state index is 0. The third-order valence-electron chi connectivity index (χ3n) is 5.22. The summed E-state index contributed by atoms with van der Waals surface area (Å²) in [4.78, 5) is 4.36. The molecule has 0 aliphatic carbocycles. The fourth-order valence-corrected chi connectivity index (χ4v) is 3.72. The summed E-state index contributed by atoms with van der Waals surface area (Å²) in [6.45, 7) is 4.55. The maximum Gasteiger partial charge on any atom is 0.190 e. The first-order valence-electron chi connectivity index (χ1n) is 9.96. The maximum absolute atomic E-state index is 5.98. The van der Waals surface area contributed by atoms with Gasteiger partial charge in [-0.3, -0.25) is 4.99 Å². The van der Waals surface area contributed by atoms with Crippen LogP contribution in [0.1, 0.15) is 29.2 Å². The normalized spacial score (nSPS) is 18.8. The van der Waals surface area contributed by atoms with Crippen molar-refractivity contribution in [1.29, 1.82) is 0 Å². The first kappa shape index (κ1) is 23.5. The largest absolute Gasteiger partial charge is 0.496 e. The molecule has 2 N–H and O–H groups in total. The summed E-state index contributed by atoms with van der Waals surface area (Å²) in [6.07, 6.45) is 2.10. The average Bonchev–Trinajstić information content (AvgIpc) is 3.20. The van der Waals surface area contributed by atoms with Crippen molar-refractivity contribution in [3.8, 4) is 5.75 Å². The van der Waals surface area contributed by atoms with E-state index >= 15 is 0 Å². The summed E-state index contributed by atoms with van der Waals surface area (Å²) in [5.41, 5.74) is 3.70. The summed E-state index contributed by atoms with van der Waals surface area (Å²) in [5.74, 6) is 2.20. The zero-order valence-corrected chi connectivity index (χ0v) is 19.8. The Bertz CT molecular complexity index is 783. The predicted molar refractivity (Wildman–Crippen MR) is 129 cm³/mol. The molecule has 1 saturated heterocycles. The number of aryl methyl sites for hydroxylation is 1. The van der Waals surface area contributed by atoms with Gasteiger partial charge in [0.25, 0.3) is 0 Å². The van der Waals surface area contributed by atoms with Crippen molar-refractivity contribution in [2.45, 2.75) is 25.9 Å². The number of methoxy groups -OCH3 is 1. The van der Waals surface area contributed by atoms with E-state index in [1.54, 1.807) is 7.11 Å². The Labute approximate surface area is 191 Å². The molecule has 0 radical (unpaired) electrons. The Kier molecular flexibility index (Phi) is 9.73. The molecule has 3 rings (SSSR count). The molecule has 2 aromatic rings. The van der Waals surface area contributed by atoms with E-state index in [-0.39, 0.29) is 30.1 Å². The van der Waals surface area contributed by atoms with Gasteiger partial charge >= 0.3 is 0 Å². The number of benzene rings is 2. The van der Waals surface area contributed by atoms with Crippen molar-refractivity contribution in [2.75, 3.05) is 33.9 Å². The van der Waals surface area contributed by atoms with E-state index in [1.807, 2.05) is 19.2 Å². The Morgan fingerprint density at radius 1 is 1.17 bits per heavy atom. The minimum Gasteiger partial charge on any atom is -0.496 e. The van der Waals surface area contributed by atoms with Gasteiger partial charge in [-0.1, -0.05) is 48.0 Å². The number of nitrogens with one attached hydrogen (secondary N) is 2. The molecule has 29 heavy (non-hydrogen) atoms. The van der Waals surface area contributed by atoms with E-state index in [9.17, 15) is 0 Å².